The number of piperazine rings is 1. The SMILES string of the molecule is CN1CCC[C@H]1COc1nc2c(c(N3CCN(C(=O)OCc4ccccc4)[C@@H](CC#N)C3)n1)CCC(N1CCCc3ccccc31)C2. The largest absolute Gasteiger partial charge is 0.462 e. The van der Waals surface area contributed by atoms with Gasteiger partial charge in [0.25, 0.3) is 0 Å². The Balaban J connectivity index is 1.12. The molecular weight excluding hydrogens is 590 g/mol. The second kappa shape index (κ2) is 14.2. The van der Waals surface area contributed by atoms with Gasteiger partial charge in [0.2, 0.25) is 0 Å². The fraction of sp³-hybridized carbons (Fsp3) is 0.514. The highest BCUT2D eigenvalue weighted by atomic mass is 16.6. The summed E-state index contributed by atoms with van der Waals surface area (Å²) in [5, 5.41) is 9.74. The topological polar surface area (TPSA) is 98.1 Å². The lowest BCUT2D eigenvalue weighted by molar-refractivity contribution is 0.0767. The van der Waals surface area contributed by atoms with Crippen molar-refractivity contribution >= 4 is 17.6 Å². The van der Waals surface area contributed by atoms with Crippen LogP contribution in [0.3, 0.4) is 0 Å². The van der Waals surface area contributed by atoms with E-state index in [0.717, 1.165) is 68.7 Å². The molecule has 2 fully saturated rings. The summed E-state index contributed by atoms with van der Waals surface area (Å²) in [5.74, 6) is 0.891. The Morgan fingerprint density at radius 3 is 2.64 bits per heavy atom. The van der Waals surface area contributed by atoms with Crippen LogP contribution in [0.15, 0.2) is 54.6 Å². The molecule has 1 unspecified atom stereocenters. The maximum atomic E-state index is 13.2. The second-order valence-corrected chi connectivity index (χ2v) is 13.4. The van der Waals surface area contributed by atoms with E-state index in [1.807, 2.05) is 30.3 Å². The number of rotatable bonds is 8. The average molecular weight is 636 g/mol. The molecule has 0 spiro atoms. The molecular formula is C37H45N7O3. The zero-order valence-electron chi connectivity index (χ0n) is 27.4. The van der Waals surface area contributed by atoms with Crippen molar-refractivity contribution < 1.29 is 14.3 Å². The smallest absolute Gasteiger partial charge is 0.410 e. The van der Waals surface area contributed by atoms with E-state index in [9.17, 15) is 10.1 Å². The van der Waals surface area contributed by atoms with Gasteiger partial charge in [-0.25, -0.2) is 4.79 Å². The lowest BCUT2D eigenvalue weighted by Crippen LogP contribution is -2.55. The third kappa shape index (κ3) is 6.86. The predicted octanol–water partition coefficient (Wildman–Crippen LogP) is 5.00. The normalized spacial score (nSPS) is 22.7. The molecule has 10 heteroatoms. The summed E-state index contributed by atoms with van der Waals surface area (Å²) >= 11 is 0. The Labute approximate surface area is 277 Å². The number of hydrogen-bond acceptors (Lipinski definition) is 9. The van der Waals surface area contributed by atoms with Gasteiger partial charge in [-0.3, -0.25) is 0 Å². The number of para-hydroxylation sites is 1. The molecule has 0 saturated carbocycles. The Bertz CT molecular complexity index is 1590. The van der Waals surface area contributed by atoms with E-state index in [4.69, 9.17) is 19.4 Å². The number of ether oxygens (including phenoxy) is 2. The van der Waals surface area contributed by atoms with Gasteiger partial charge in [0.1, 0.15) is 19.0 Å². The van der Waals surface area contributed by atoms with E-state index in [1.165, 1.54) is 23.2 Å². The van der Waals surface area contributed by atoms with Gasteiger partial charge in [0, 0.05) is 55.9 Å². The molecule has 1 aliphatic carbocycles. The number of likely N-dealkylation sites (tertiary alicyclic amines) is 1. The van der Waals surface area contributed by atoms with Crippen LogP contribution in [0, 0.1) is 11.3 Å². The van der Waals surface area contributed by atoms with Gasteiger partial charge in [-0.05, 0) is 69.3 Å². The molecule has 3 atom stereocenters. The van der Waals surface area contributed by atoms with Crippen LogP contribution in [0.5, 0.6) is 6.01 Å². The van der Waals surface area contributed by atoms with Crippen molar-refractivity contribution in [3.8, 4) is 12.1 Å². The number of benzene rings is 2. The number of anilines is 2. The van der Waals surface area contributed by atoms with E-state index in [1.54, 1.807) is 4.90 Å². The lowest BCUT2D eigenvalue weighted by Gasteiger charge is -2.43. The maximum absolute atomic E-state index is 13.2. The lowest BCUT2D eigenvalue weighted by atomic mass is 9.88. The zero-order chi connectivity index (χ0) is 32.2. The molecule has 4 aliphatic rings. The van der Waals surface area contributed by atoms with E-state index in [-0.39, 0.29) is 25.2 Å². The Morgan fingerprint density at radius 2 is 1.81 bits per heavy atom. The van der Waals surface area contributed by atoms with Crippen LogP contribution in [-0.2, 0) is 30.6 Å². The highest BCUT2D eigenvalue weighted by Gasteiger charge is 2.36. The quantitative estimate of drug-likeness (QED) is 0.339. The molecule has 0 radical (unpaired) electrons. The molecule has 7 rings (SSSR count). The number of hydrogen-bond donors (Lipinski definition) is 0. The second-order valence-electron chi connectivity index (χ2n) is 13.4. The monoisotopic (exact) mass is 635 g/mol. The first kappa shape index (κ1) is 31.3. The van der Waals surface area contributed by atoms with Gasteiger partial charge >= 0.3 is 12.1 Å². The van der Waals surface area contributed by atoms with Crippen molar-refractivity contribution in [3.63, 3.8) is 0 Å². The summed E-state index contributed by atoms with van der Waals surface area (Å²) in [5.41, 5.74) is 5.96. The summed E-state index contributed by atoms with van der Waals surface area (Å²) in [4.78, 5) is 32.2. The third-order valence-electron chi connectivity index (χ3n) is 10.4. The van der Waals surface area contributed by atoms with Crippen LogP contribution < -0.4 is 14.5 Å². The number of carbonyl (C=O) groups is 1. The summed E-state index contributed by atoms with van der Waals surface area (Å²) in [7, 11) is 2.15. The van der Waals surface area contributed by atoms with Crippen molar-refractivity contribution in [1.82, 2.24) is 19.8 Å². The number of likely N-dealkylation sites (N-methyl/N-ethyl adjacent to an activating group) is 1. The first-order chi connectivity index (χ1) is 23.1. The molecule has 246 valence electrons. The minimum absolute atomic E-state index is 0.206. The van der Waals surface area contributed by atoms with Crippen LogP contribution in [-0.4, -0.2) is 90.4 Å². The van der Waals surface area contributed by atoms with E-state index >= 15 is 0 Å². The summed E-state index contributed by atoms with van der Waals surface area (Å²) < 4.78 is 12.0. The minimum atomic E-state index is -0.382. The zero-order valence-corrected chi connectivity index (χ0v) is 27.4. The van der Waals surface area contributed by atoms with Gasteiger partial charge in [-0.1, -0.05) is 48.5 Å². The highest BCUT2D eigenvalue weighted by Crippen LogP contribution is 2.37. The van der Waals surface area contributed by atoms with Crippen molar-refractivity contribution in [2.75, 3.05) is 56.2 Å². The molecule has 1 amide bonds. The number of amides is 1. The molecule has 10 nitrogen and oxygen atoms in total. The van der Waals surface area contributed by atoms with Gasteiger partial charge < -0.3 is 29.1 Å². The van der Waals surface area contributed by atoms with Crippen molar-refractivity contribution in [2.24, 2.45) is 0 Å². The third-order valence-corrected chi connectivity index (χ3v) is 10.4. The van der Waals surface area contributed by atoms with Gasteiger partial charge in [0.15, 0.2) is 0 Å². The number of aryl methyl sites for hydroxylation is 1. The average Bonchev–Trinajstić information content (AvgIpc) is 3.53. The first-order valence-corrected chi connectivity index (χ1v) is 17.2. The highest BCUT2D eigenvalue weighted by molar-refractivity contribution is 5.69. The summed E-state index contributed by atoms with van der Waals surface area (Å²) in [6, 6.07) is 21.7. The molecule has 3 aliphatic heterocycles. The maximum Gasteiger partial charge on any atom is 0.410 e. The number of nitrogens with zero attached hydrogens (tertiary/aromatic N) is 7. The molecule has 3 aromatic rings. The molecule has 2 aromatic carbocycles. The van der Waals surface area contributed by atoms with Crippen LogP contribution >= 0.6 is 0 Å². The standard InChI is InChI=1S/C37H45N7O3/c1-41-19-8-13-31(41)26-46-36-39-33-23-29(43-20-7-12-28-11-5-6-14-34(28)43)15-16-32(33)35(40-36)42-21-22-44(30(24-42)17-18-38)37(45)47-25-27-9-3-2-4-10-27/h2-6,9-11,14,29-31H,7-8,12-13,15-17,19-26H2,1H3/t29?,30-,31-/m0/s1. The molecule has 4 heterocycles. The minimum Gasteiger partial charge on any atom is -0.462 e. The van der Waals surface area contributed by atoms with E-state index in [0.29, 0.717) is 44.3 Å². The van der Waals surface area contributed by atoms with E-state index in [2.05, 4.69) is 52.1 Å². The Hall–Kier alpha value is -4.36. The first-order valence-electron chi connectivity index (χ1n) is 17.2. The molecule has 0 bridgehead atoms. The van der Waals surface area contributed by atoms with Crippen LogP contribution in [0.4, 0.5) is 16.3 Å². The van der Waals surface area contributed by atoms with Crippen molar-refractivity contribution in [2.45, 2.75) is 76.1 Å². The van der Waals surface area contributed by atoms with Gasteiger partial charge in [-0.2, -0.15) is 15.2 Å². The number of fused-ring (bicyclic) bond motifs is 2. The van der Waals surface area contributed by atoms with Crippen molar-refractivity contribution in [1.29, 1.82) is 5.26 Å². The number of carbonyl (C=O) groups excluding carboxylic acids is 1. The van der Waals surface area contributed by atoms with Gasteiger partial charge in [0.05, 0.1) is 24.2 Å². The fourth-order valence-electron chi connectivity index (χ4n) is 7.82. The predicted molar refractivity (Wildman–Crippen MR) is 181 cm³/mol. The van der Waals surface area contributed by atoms with Crippen LogP contribution in [0.1, 0.15) is 54.5 Å². The Morgan fingerprint density at radius 1 is 0.957 bits per heavy atom. The number of aromatic nitrogens is 2. The molecule has 2 saturated heterocycles. The Kier molecular flexibility index (Phi) is 9.43. The molecule has 1 aromatic heterocycles. The number of nitriles is 1. The van der Waals surface area contributed by atoms with E-state index < -0.39 is 0 Å². The van der Waals surface area contributed by atoms with Gasteiger partial charge in [-0.15, -0.1) is 0 Å². The van der Waals surface area contributed by atoms with Crippen LogP contribution in [0.2, 0.25) is 0 Å². The van der Waals surface area contributed by atoms with Crippen LogP contribution in [0.25, 0.3) is 0 Å². The molecule has 47 heavy (non-hydrogen) atoms. The molecule has 0 N–H and O–H groups in total. The fourth-order valence-corrected chi connectivity index (χ4v) is 7.82. The van der Waals surface area contributed by atoms with Crippen molar-refractivity contribution in [3.05, 3.63) is 77.0 Å². The summed E-state index contributed by atoms with van der Waals surface area (Å²) in [6.45, 7) is 4.47. The summed E-state index contributed by atoms with van der Waals surface area (Å²) in [6.07, 6.45) is 7.17.